The van der Waals surface area contributed by atoms with Gasteiger partial charge < -0.3 is 15.8 Å². The van der Waals surface area contributed by atoms with Gasteiger partial charge in [0.05, 0.1) is 12.1 Å². The molecule has 3 N–H and O–H groups in total. The van der Waals surface area contributed by atoms with E-state index >= 15 is 0 Å². The highest BCUT2D eigenvalue weighted by molar-refractivity contribution is 6.30. The lowest BCUT2D eigenvalue weighted by molar-refractivity contribution is 0.183. The molecule has 0 bridgehead atoms. The molecule has 3 nitrogen and oxygen atoms in total. The van der Waals surface area contributed by atoms with Crippen LogP contribution in [0.15, 0.2) is 24.3 Å². The predicted octanol–water partition coefficient (Wildman–Crippen LogP) is 1.87. The Labute approximate surface area is 94.6 Å². The predicted molar refractivity (Wildman–Crippen MR) is 62.3 cm³/mol. The summed E-state index contributed by atoms with van der Waals surface area (Å²) in [6, 6.07) is 7.66. The topological polar surface area (TPSA) is 47.3 Å². The minimum atomic E-state index is -0.120. The van der Waals surface area contributed by atoms with E-state index in [1.165, 1.54) is 0 Å². The Bertz CT molecular complexity index is 337. The Morgan fingerprint density at radius 2 is 2.40 bits per heavy atom. The molecule has 1 aliphatic heterocycles. The lowest BCUT2D eigenvalue weighted by Crippen LogP contribution is -2.46. The molecular weight excluding hydrogens is 212 g/mol. The lowest BCUT2D eigenvalue weighted by atomic mass is 9.98. The zero-order chi connectivity index (χ0) is 10.7. The van der Waals surface area contributed by atoms with Crippen molar-refractivity contribution in [2.24, 2.45) is 5.73 Å². The number of anilines is 1. The molecule has 0 radical (unpaired) electrons. The molecule has 0 spiro atoms. The van der Waals surface area contributed by atoms with Crippen molar-refractivity contribution in [3.63, 3.8) is 0 Å². The second-order valence-electron chi connectivity index (χ2n) is 3.92. The van der Waals surface area contributed by atoms with Crippen molar-refractivity contribution in [3.05, 3.63) is 29.3 Å². The van der Waals surface area contributed by atoms with Crippen LogP contribution in [-0.4, -0.2) is 25.3 Å². The second kappa shape index (κ2) is 4.39. The van der Waals surface area contributed by atoms with Crippen LogP contribution in [0.3, 0.4) is 0 Å². The average Bonchev–Trinajstić information content (AvgIpc) is 2.67. The lowest BCUT2D eigenvalue weighted by Gasteiger charge is -2.28. The van der Waals surface area contributed by atoms with E-state index in [9.17, 15) is 0 Å². The summed E-state index contributed by atoms with van der Waals surface area (Å²) < 4.78 is 5.38. The van der Waals surface area contributed by atoms with Crippen LogP contribution in [0.4, 0.5) is 5.69 Å². The van der Waals surface area contributed by atoms with E-state index in [1.807, 2.05) is 24.3 Å². The van der Waals surface area contributed by atoms with Gasteiger partial charge in [0, 0.05) is 23.9 Å². The average molecular weight is 227 g/mol. The Balaban J connectivity index is 2.12. The quantitative estimate of drug-likeness (QED) is 0.827. The Morgan fingerprint density at radius 1 is 1.53 bits per heavy atom. The number of ether oxygens (including phenoxy) is 1. The minimum absolute atomic E-state index is 0.120. The number of hydrogen-bond acceptors (Lipinski definition) is 3. The van der Waals surface area contributed by atoms with E-state index in [0.717, 1.165) is 23.7 Å². The summed E-state index contributed by atoms with van der Waals surface area (Å²) in [7, 11) is 0. The zero-order valence-corrected chi connectivity index (χ0v) is 9.26. The monoisotopic (exact) mass is 226 g/mol. The standard InChI is InChI=1S/C11H15ClN2O/c12-9-2-1-3-10(6-9)14-11(7-13)4-5-15-8-11/h1-3,6,14H,4-5,7-8,13H2. The Hall–Kier alpha value is -0.770. The third-order valence-electron chi connectivity index (χ3n) is 2.73. The summed E-state index contributed by atoms with van der Waals surface area (Å²) in [6.07, 6.45) is 0.940. The second-order valence-corrected chi connectivity index (χ2v) is 4.36. The SMILES string of the molecule is NCC1(Nc2cccc(Cl)c2)CCOC1. The summed E-state index contributed by atoms with van der Waals surface area (Å²) >= 11 is 5.92. The van der Waals surface area contributed by atoms with Crippen LogP contribution >= 0.6 is 11.6 Å². The van der Waals surface area contributed by atoms with Gasteiger partial charge in [0.15, 0.2) is 0 Å². The first-order chi connectivity index (χ1) is 7.24. The van der Waals surface area contributed by atoms with Crippen LogP contribution in [0.5, 0.6) is 0 Å². The van der Waals surface area contributed by atoms with Gasteiger partial charge in [0.25, 0.3) is 0 Å². The van der Waals surface area contributed by atoms with Crippen LogP contribution in [0.25, 0.3) is 0 Å². The van der Waals surface area contributed by atoms with E-state index in [-0.39, 0.29) is 5.54 Å². The van der Waals surface area contributed by atoms with Gasteiger partial charge in [-0.1, -0.05) is 17.7 Å². The smallest absolute Gasteiger partial charge is 0.0750 e. The van der Waals surface area contributed by atoms with Crippen LogP contribution in [0.1, 0.15) is 6.42 Å². The van der Waals surface area contributed by atoms with Crippen LogP contribution in [-0.2, 0) is 4.74 Å². The van der Waals surface area contributed by atoms with E-state index in [4.69, 9.17) is 22.1 Å². The highest BCUT2D eigenvalue weighted by Crippen LogP contribution is 2.24. The molecule has 0 aliphatic carbocycles. The first-order valence-electron chi connectivity index (χ1n) is 5.06. The Kier molecular flexibility index (Phi) is 3.14. The Morgan fingerprint density at radius 3 is 3.00 bits per heavy atom. The molecule has 0 amide bonds. The molecule has 82 valence electrons. The van der Waals surface area contributed by atoms with E-state index < -0.39 is 0 Å². The molecule has 1 saturated heterocycles. The summed E-state index contributed by atoms with van der Waals surface area (Å²) in [6.45, 7) is 2.00. The van der Waals surface area contributed by atoms with Crippen molar-refractivity contribution in [3.8, 4) is 0 Å². The summed E-state index contributed by atoms with van der Waals surface area (Å²) in [4.78, 5) is 0. The summed E-state index contributed by atoms with van der Waals surface area (Å²) in [5.41, 5.74) is 6.66. The van der Waals surface area contributed by atoms with Gasteiger partial charge in [-0.2, -0.15) is 0 Å². The van der Waals surface area contributed by atoms with Crippen LogP contribution in [0.2, 0.25) is 5.02 Å². The van der Waals surface area contributed by atoms with Crippen LogP contribution < -0.4 is 11.1 Å². The molecule has 0 aromatic heterocycles. The minimum Gasteiger partial charge on any atom is -0.379 e. The number of hydrogen-bond donors (Lipinski definition) is 2. The fraction of sp³-hybridized carbons (Fsp3) is 0.455. The largest absolute Gasteiger partial charge is 0.379 e. The molecule has 1 fully saturated rings. The molecule has 1 atom stereocenters. The first-order valence-corrected chi connectivity index (χ1v) is 5.43. The third-order valence-corrected chi connectivity index (χ3v) is 2.96. The van der Waals surface area contributed by atoms with Gasteiger partial charge in [-0.25, -0.2) is 0 Å². The van der Waals surface area contributed by atoms with Crippen molar-refractivity contribution in [1.29, 1.82) is 0 Å². The number of rotatable bonds is 3. The summed E-state index contributed by atoms with van der Waals surface area (Å²) in [5, 5.41) is 4.14. The molecule has 1 aliphatic rings. The molecule has 1 aromatic rings. The number of halogens is 1. The van der Waals surface area contributed by atoms with Crippen molar-refractivity contribution < 1.29 is 4.74 Å². The first kappa shape index (κ1) is 10.7. The van der Waals surface area contributed by atoms with Crippen LogP contribution in [0, 0.1) is 0 Å². The van der Waals surface area contributed by atoms with Gasteiger partial charge in [0.1, 0.15) is 0 Å². The third kappa shape index (κ3) is 2.43. The molecule has 4 heteroatoms. The normalized spacial score (nSPS) is 25.5. The van der Waals surface area contributed by atoms with Gasteiger partial charge in [0.2, 0.25) is 0 Å². The summed E-state index contributed by atoms with van der Waals surface area (Å²) in [5.74, 6) is 0. The number of nitrogens with one attached hydrogen (secondary N) is 1. The van der Waals surface area contributed by atoms with E-state index in [0.29, 0.717) is 13.2 Å². The maximum Gasteiger partial charge on any atom is 0.0750 e. The van der Waals surface area contributed by atoms with E-state index in [1.54, 1.807) is 0 Å². The molecule has 1 heterocycles. The number of nitrogens with two attached hydrogens (primary N) is 1. The van der Waals surface area contributed by atoms with E-state index in [2.05, 4.69) is 5.32 Å². The molecule has 1 unspecified atom stereocenters. The fourth-order valence-corrected chi connectivity index (χ4v) is 1.98. The fourth-order valence-electron chi connectivity index (χ4n) is 1.79. The number of benzene rings is 1. The maximum atomic E-state index is 5.92. The zero-order valence-electron chi connectivity index (χ0n) is 8.50. The molecule has 1 aromatic carbocycles. The molecular formula is C11H15ClN2O. The van der Waals surface area contributed by atoms with Crippen molar-refractivity contribution in [1.82, 2.24) is 0 Å². The molecule has 15 heavy (non-hydrogen) atoms. The molecule has 2 rings (SSSR count). The van der Waals surface area contributed by atoms with Crippen molar-refractivity contribution in [2.45, 2.75) is 12.0 Å². The van der Waals surface area contributed by atoms with Gasteiger partial charge in [-0.15, -0.1) is 0 Å². The maximum absolute atomic E-state index is 5.92. The highest BCUT2D eigenvalue weighted by Gasteiger charge is 2.33. The van der Waals surface area contributed by atoms with Gasteiger partial charge in [-0.3, -0.25) is 0 Å². The van der Waals surface area contributed by atoms with Gasteiger partial charge in [-0.05, 0) is 24.6 Å². The molecule has 0 saturated carbocycles. The highest BCUT2D eigenvalue weighted by atomic mass is 35.5. The van der Waals surface area contributed by atoms with Crippen molar-refractivity contribution >= 4 is 17.3 Å². The van der Waals surface area contributed by atoms with Gasteiger partial charge >= 0.3 is 0 Å². The van der Waals surface area contributed by atoms with Crippen molar-refractivity contribution in [2.75, 3.05) is 25.1 Å².